The Morgan fingerprint density at radius 1 is 1.14 bits per heavy atom. The molecule has 3 aliphatic rings. The third-order valence-corrected chi connectivity index (χ3v) is 8.64. The van der Waals surface area contributed by atoms with Crippen molar-refractivity contribution in [2.45, 2.75) is 51.7 Å². The Kier molecular flexibility index (Phi) is 7.23. The number of anilines is 1. The minimum Gasteiger partial charge on any atom is -0.487 e. The van der Waals surface area contributed by atoms with Crippen molar-refractivity contribution in [3.63, 3.8) is 0 Å². The van der Waals surface area contributed by atoms with Crippen molar-refractivity contribution in [2.24, 2.45) is 5.92 Å². The summed E-state index contributed by atoms with van der Waals surface area (Å²) < 4.78 is 49.8. The van der Waals surface area contributed by atoms with Gasteiger partial charge in [0.1, 0.15) is 24.6 Å². The second-order valence-electron chi connectivity index (χ2n) is 9.85. The molecule has 198 valence electrons. The predicted octanol–water partition coefficient (Wildman–Crippen LogP) is 3.23. The third kappa shape index (κ3) is 5.51. The predicted molar refractivity (Wildman–Crippen MR) is 136 cm³/mol. The van der Waals surface area contributed by atoms with Crippen LogP contribution in [0.4, 0.5) is 14.9 Å². The summed E-state index contributed by atoms with van der Waals surface area (Å²) in [4.78, 5) is 26.3. The molecule has 0 spiro atoms. The highest BCUT2D eigenvalue weighted by atomic mass is 32.2. The first kappa shape index (κ1) is 25.3. The van der Waals surface area contributed by atoms with Crippen molar-refractivity contribution < 1.29 is 27.1 Å². The molecule has 5 rings (SSSR count). The zero-order valence-corrected chi connectivity index (χ0v) is 21.4. The monoisotopic (exact) mass is 530 g/mol. The number of amides is 3. The van der Waals surface area contributed by atoms with Gasteiger partial charge in [-0.3, -0.25) is 4.79 Å². The number of ether oxygens (including phenoxy) is 1. The molecule has 0 unspecified atom stereocenters. The standard InChI is InChI=1S/C26H31FN4O5S/c27-24-21-15-30(26(33)28-14-18-7-3-1-4-8-18)12-11-20(21)13-22(36-17-19-9-5-2-6-10-19)25(24)31-16-23(32)29-37(31,34)35/h2,5-6,9-10,13,18H,1,3-4,7-8,11-12,14-17H2,(H,28,33)(H,29,32). The Hall–Kier alpha value is -3.34. The van der Waals surface area contributed by atoms with Gasteiger partial charge in [0, 0.05) is 18.7 Å². The molecule has 0 bridgehead atoms. The third-order valence-electron chi connectivity index (χ3n) is 7.26. The van der Waals surface area contributed by atoms with Gasteiger partial charge in [-0.1, -0.05) is 49.6 Å². The molecule has 0 aromatic heterocycles. The molecule has 2 aromatic rings. The minimum atomic E-state index is -4.27. The minimum absolute atomic E-state index is 0.00110. The molecular weight excluding hydrogens is 499 g/mol. The molecule has 1 saturated heterocycles. The van der Waals surface area contributed by atoms with Gasteiger partial charge in [-0.2, -0.15) is 8.42 Å². The van der Waals surface area contributed by atoms with E-state index in [1.165, 1.54) is 19.3 Å². The maximum Gasteiger partial charge on any atom is 0.326 e. The highest BCUT2D eigenvalue weighted by Crippen LogP contribution is 2.40. The molecule has 9 nitrogen and oxygen atoms in total. The zero-order chi connectivity index (χ0) is 26.0. The number of nitrogens with zero attached hydrogens (tertiary/aromatic N) is 2. The van der Waals surface area contributed by atoms with Crippen molar-refractivity contribution in [3.05, 3.63) is 58.9 Å². The first-order chi connectivity index (χ1) is 17.8. The van der Waals surface area contributed by atoms with E-state index in [4.69, 9.17) is 4.74 Å². The Morgan fingerprint density at radius 2 is 1.89 bits per heavy atom. The number of carbonyl (C=O) groups is 2. The summed E-state index contributed by atoms with van der Waals surface area (Å²) >= 11 is 0. The molecule has 2 aliphatic heterocycles. The zero-order valence-electron chi connectivity index (χ0n) is 20.5. The molecule has 2 fully saturated rings. The molecule has 1 aliphatic carbocycles. The van der Waals surface area contributed by atoms with E-state index in [0.717, 1.165) is 18.4 Å². The topological polar surface area (TPSA) is 108 Å². The lowest BCUT2D eigenvalue weighted by atomic mass is 9.89. The number of nitrogens with one attached hydrogen (secondary N) is 2. The average molecular weight is 531 g/mol. The van der Waals surface area contributed by atoms with Crippen molar-refractivity contribution in [3.8, 4) is 5.75 Å². The van der Waals surface area contributed by atoms with Crippen LogP contribution in [0, 0.1) is 11.7 Å². The van der Waals surface area contributed by atoms with Gasteiger partial charge in [0.25, 0.3) is 5.91 Å². The Morgan fingerprint density at radius 3 is 2.59 bits per heavy atom. The van der Waals surface area contributed by atoms with Crippen LogP contribution < -0.4 is 19.1 Å². The lowest BCUT2D eigenvalue weighted by molar-refractivity contribution is -0.117. The molecule has 3 amide bonds. The van der Waals surface area contributed by atoms with Gasteiger partial charge in [0.2, 0.25) is 0 Å². The second kappa shape index (κ2) is 10.6. The van der Waals surface area contributed by atoms with E-state index in [1.54, 1.807) is 11.0 Å². The number of carbonyl (C=O) groups excluding carboxylic acids is 2. The summed E-state index contributed by atoms with van der Waals surface area (Å²) in [5.74, 6) is -1.05. The molecule has 37 heavy (non-hydrogen) atoms. The molecule has 2 N–H and O–H groups in total. The molecule has 2 heterocycles. The van der Waals surface area contributed by atoms with Crippen LogP contribution in [0.2, 0.25) is 0 Å². The van der Waals surface area contributed by atoms with Crippen LogP contribution in [0.3, 0.4) is 0 Å². The lowest BCUT2D eigenvalue weighted by Crippen LogP contribution is -2.44. The molecule has 0 atom stereocenters. The van der Waals surface area contributed by atoms with E-state index in [9.17, 15) is 18.0 Å². The van der Waals surface area contributed by atoms with E-state index in [0.29, 0.717) is 35.3 Å². The first-order valence-corrected chi connectivity index (χ1v) is 14.1. The number of fused-ring (bicyclic) bond motifs is 1. The molecule has 1 saturated carbocycles. The number of urea groups is 1. The molecular formula is C26H31FN4O5S. The molecule has 0 radical (unpaired) electrons. The molecule has 11 heteroatoms. The molecule has 2 aromatic carbocycles. The van der Waals surface area contributed by atoms with Gasteiger partial charge in [-0.05, 0) is 42.4 Å². The van der Waals surface area contributed by atoms with Crippen molar-refractivity contribution in [1.82, 2.24) is 14.9 Å². The Balaban J connectivity index is 1.41. The Labute approximate surface area is 216 Å². The summed E-state index contributed by atoms with van der Waals surface area (Å²) in [7, 11) is -4.27. The van der Waals surface area contributed by atoms with E-state index in [1.807, 2.05) is 35.1 Å². The maximum atomic E-state index is 16.1. The average Bonchev–Trinajstić information content (AvgIpc) is 3.18. The summed E-state index contributed by atoms with van der Waals surface area (Å²) in [6.45, 7) is 0.547. The van der Waals surface area contributed by atoms with Crippen LogP contribution in [0.1, 0.15) is 48.8 Å². The Bertz CT molecular complexity index is 1280. The van der Waals surface area contributed by atoms with Crippen LogP contribution in [0.15, 0.2) is 36.4 Å². The summed E-state index contributed by atoms with van der Waals surface area (Å²) in [5, 5.41) is 2.99. The van der Waals surface area contributed by atoms with Crippen LogP contribution in [0.5, 0.6) is 5.75 Å². The van der Waals surface area contributed by atoms with Crippen molar-refractivity contribution in [2.75, 3.05) is 23.9 Å². The number of halogens is 1. The normalized spacial score (nSPS) is 19.3. The summed E-state index contributed by atoms with van der Waals surface area (Å²) in [5.41, 5.74) is 1.38. The fourth-order valence-corrected chi connectivity index (χ4v) is 6.42. The first-order valence-electron chi connectivity index (χ1n) is 12.7. The quantitative estimate of drug-likeness (QED) is 0.596. The van der Waals surface area contributed by atoms with Gasteiger partial charge >= 0.3 is 16.2 Å². The second-order valence-corrected chi connectivity index (χ2v) is 11.4. The number of rotatable bonds is 6. The van der Waals surface area contributed by atoms with E-state index < -0.39 is 28.5 Å². The number of hydrogen-bond donors (Lipinski definition) is 2. The van der Waals surface area contributed by atoms with Crippen molar-refractivity contribution >= 4 is 27.8 Å². The van der Waals surface area contributed by atoms with Gasteiger partial charge in [-0.15, -0.1) is 0 Å². The summed E-state index contributed by atoms with van der Waals surface area (Å²) in [6.07, 6.45) is 6.19. The van der Waals surface area contributed by atoms with Crippen molar-refractivity contribution in [1.29, 1.82) is 0 Å². The fourth-order valence-electron chi connectivity index (χ4n) is 5.26. The van der Waals surface area contributed by atoms with E-state index >= 15 is 4.39 Å². The number of benzene rings is 2. The van der Waals surface area contributed by atoms with Gasteiger partial charge in [0.05, 0.1) is 6.54 Å². The fraction of sp³-hybridized carbons (Fsp3) is 0.462. The lowest BCUT2D eigenvalue weighted by Gasteiger charge is -2.32. The van der Waals surface area contributed by atoms with Crippen LogP contribution in [-0.4, -0.2) is 44.9 Å². The SMILES string of the molecule is O=C1CN(c2c(OCc3ccccc3)cc3c(c2F)CN(C(=O)NCC2CCCCC2)CC3)S(=O)(=O)N1. The smallest absolute Gasteiger partial charge is 0.326 e. The van der Waals surface area contributed by atoms with E-state index in [2.05, 4.69) is 5.32 Å². The van der Waals surface area contributed by atoms with Crippen LogP contribution >= 0.6 is 0 Å². The summed E-state index contributed by atoms with van der Waals surface area (Å²) in [6, 6.07) is 10.6. The largest absolute Gasteiger partial charge is 0.487 e. The van der Waals surface area contributed by atoms with Gasteiger partial charge in [0.15, 0.2) is 5.82 Å². The van der Waals surface area contributed by atoms with Gasteiger partial charge < -0.3 is 15.0 Å². The number of hydrogen-bond acceptors (Lipinski definition) is 5. The van der Waals surface area contributed by atoms with E-state index in [-0.39, 0.29) is 36.2 Å². The maximum absolute atomic E-state index is 16.1. The highest BCUT2D eigenvalue weighted by Gasteiger charge is 2.39. The van der Waals surface area contributed by atoms with Crippen LogP contribution in [-0.2, 0) is 34.6 Å². The highest BCUT2D eigenvalue weighted by molar-refractivity contribution is 7.92. The van der Waals surface area contributed by atoms with Gasteiger partial charge in [-0.25, -0.2) is 18.2 Å². The van der Waals surface area contributed by atoms with Crippen LogP contribution in [0.25, 0.3) is 0 Å².